The maximum absolute atomic E-state index is 14.8. The van der Waals surface area contributed by atoms with E-state index in [4.69, 9.17) is 21.4 Å². The lowest BCUT2D eigenvalue weighted by Gasteiger charge is -2.29. The summed E-state index contributed by atoms with van der Waals surface area (Å²) in [5.41, 5.74) is 1.94. The molecule has 0 aliphatic carbocycles. The summed E-state index contributed by atoms with van der Waals surface area (Å²) < 4.78 is 21.0. The topological polar surface area (TPSA) is 108 Å². The number of H-pyrrole nitrogens is 1. The molecule has 3 aromatic carbocycles. The molecule has 5 rings (SSSR count). The summed E-state index contributed by atoms with van der Waals surface area (Å²) in [5.74, 6) is -0.538. The molecule has 1 unspecified atom stereocenters. The standard InChI is InChI=1S/C29H25ClFIN4O4/c1-16(17-5-3-2-4-6-17)25(27-33-24(26(30)35-27)21-12-9-19(32)15-22(21)31)36-28(38)23(34-29(36)39)18-7-10-20(11-8-18)40-14-13-37/h2-12,15-16,23,25,37H,13-14H2,1H3,(H,33,35)(H,34,39)/t16-,23?,25-/m0/s1. The van der Waals surface area contributed by atoms with Crippen LogP contribution < -0.4 is 10.1 Å². The zero-order valence-corrected chi connectivity index (χ0v) is 24.2. The number of nitrogens with zero attached hydrogens (tertiary/aromatic N) is 2. The summed E-state index contributed by atoms with van der Waals surface area (Å²) in [5, 5.41) is 11.8. The molecule has 206 valence electrons. The smallest absolute Gasteiger partial charge is 0.325 e. The summed E-state index contributed by atoms with van der Waals surface area (Å²) in [6, 6.07) is 18.5. The van der Waals surface area contributed by atoms with E-state index in [1.165, 1.54) is 6.07 Å². The van der Waals surface area contributed by atoms with Crippen LogP contribution in [-0.4, -0.2) is 45.1 Å². The number of carbonyl (C=O) groups is 2. The third kappa shape index (κ3) is 5.56. The van der Waals surface area contributed by atoms with Crippen LogP contribution in [0.2, 0.25) is 5.15 Å². The van der Waals surface area contributed by atoms with Gasteiger partial charge < -0.3 is 20.1 Å². The van der Waals surface area contributed by atoms with E-state index in [9.17, 15) is 14.0 Å². The normalized spacial score (nSPS) is 16.6. The molecular formula is C29H25ClFIN4O4. The van der Waals surface area contributed by atoms with Crippen molar-refractivity contribution in [1.82, 2.24) is 20.2 Å². The highest BCUT2D eigenvalue weighted by Crippen LogP contribution is 2.41. The minimum atomic E-state index is -0.927. The van der Waals surface area contributed by atoms with Gasteiger partial charge in [-0.1, -0.05) is 61.0 Å². The molecule has 1 saturated heterocycles. The number of imide groups is 1. The van der Waals surface area contributed by atoms with Gasteiger partial charge in [0.1, 0.15) is 36.1 Å². The molecule has 0 radical (unpaired) electrons. The molecule has 8 nitrogen and oxygen atoms in total. The fourth-order valence-corrected chi connectivity index (χ4v) is 5.50. The zero-order valence-electron chi connectivity index (χ0n) is 21.3. The number of aromatic amines is 1. The molecule has 0 spiro atoms. The van der Waals surface area contributed by atoms with Gasteiger partial charge in [-0.25, -0.2) is 14.2 Å². The number of carbonyl (C=O) groups excluding carboxylic acids is 2. The fourth-order valence-electron chi connectivity index (χ4n) is 4.80. The Kier molecular flexibility index (Phi) is 8.38. The van der Waals surface area contributed by atoms with Crippen molar-refractivity contribution in [2.45, 2.75) is 24.9 Å². The highest BCUT2D eigenvalue weighted by Gasteiger charge is 2.46. The highest BCUT2D eigenvalue weighted by molar-refractivity contribution is 14.1. The van der Waals surface area contributed by atoms with Crippen LogP contribution in [0, 0.1) is 9.39 Å². The predicted molar refractivity (Wildman–Crippen MR) is 156 cm³/mol. The Labute approximate surface area is 248 Å². The zero-order chi connectivity index (χ0) is 28.4. The van der Waals surface area contributed by atoms with Crippen LogP contribution in [0.1, 0.15) is 41.9 Å². The minimum absolute atomic E-state index is 0.0300. The minimum Gasteiger partial charge on any atom is -0.491 e. The van der Waals surface area contributed by atoms with E-state index in [-0.39, 0.29) is 41.4 Å². The second kappa shape index (κ2) is 11.9. The highest BCUT2D eigenvalue weighted by atomic mass is 127. The molecule has 3 amide bonds. The predicted octanol–water partition coefficient (Wildman–Crippen LogP) is 5.98. The molecule has 3 atom stereocenters. The number of benzene rings is 3. The van der Waals surface area contributed by atoms with E-state index in [0.29, 0.717) is 11.3 Å². The van der Waals surface area contributed by atoms with E-state index >= 15 is 0 Å². The van der Waals surface area contributed by atoms with E-state index in [0.717, 1.165) is 14.0 Å². The molecule has 11 heteroatoms. The van der Waals surface area contributed by atoms with Gasteiger partial charge in [-0.15, -0.1) is 0 Å². The number of hydrogen-bond acceptors (Lipinski definition) is 5. The molecule has 3 N–H and O–H groups in total. The monoisotopic (exact) mass is 674 g/mol. The van der Waals surface area contributed by atoms with Crippen LogP contribution in [0.15, 0.2) is 72.8 Å². The summed E-state index contributed by atoms with van der Waals surface area (Å²) in [7, 11) is 0. The van der Waals surface area contributed by atoms with E-state index in [2.05, 4.69) is 15.3 Å². The molecule has 4 aromatic rings. The Morgan fingerprint density at radius 3 is 2.52 bits per heavy atom. The SMILES string of the molecule is C[C@@H](c1ccccc1)[C@@H](c1nc(Cl)c(-c2ccc(I)cc2F)[nH]1)N1C(=O)NC(c2ccc(OCCO)cc2)C1=O. The van der Waals surface area contributed by atoms with Crippen molar-refractivity contribution >= 4 is 46.1 Å². The van der Waals surface area contributed by atoms with Gasteiger partial charge in [0, 0.05) is 15.1 Å². The molecule has 1 aromatic heterocycles. The van der Waals surface area contributed by atoms with Crippen LogP contribution in [0.25, 0.3) is 11.3 Å². The first kappa shape index (κ1) is 28.1. The lowest BCUT2D eigenvalue weighted by Crippen LogP contribution is -2.38. The lowest BCUT2D eigenvalue weighted by molar-refractivity contribution is -0.129. The summed E-state index contributed by atoms with van der Waals surface area (Å²) >= 11 is 8.52. The summed E-state index contributed by atoms with van der Waals surface area (Å²) in [6.07, 6.45) is 0. The molecule has 1 fully saturated rings. The van der Waals surface area contributed by atoms with Crippen LogP contribution >= 0.6 is 34.2 Å². The number of halogens is 3. The quantitative estimate of drug-likeness (QED) is 0.150. The van der Waals surface area contributed by atoms with Gasteiger partial charge in [-0.2, -0.15) is 0 Å². The Balaban J connectivity index is 1.53. The van der Waals surface area contributed by atoms with Gasteiger partial charge in [0.05, 0.1) is 12.3 Å². The molecule has 2 heterocycles. The Hall–Kier alpha value is -3.48. The maximum Gasteiger partial charge on any atom is 0.325 e. The van der Waals surface area contributed by atoms with Gasteiger partial charge >= 0.3 is 6.03 Å². The maximum atomic E-state index is 14.8. The van der Waals surface area contributed by atoms with Crippen LogP contribution in [0.5, 0.6) is 5.75 Å². The van der Waals surface area contributed by atoms with E-state index < -0.39 is 29.8 Å². The Morgan fingerprint density at radius 2 is 1.85 bits per heavy atom. The first-order chi connectivity index (χ1) is 19.3. The lowest BCUT2D eigenvalue weighted by atomic mass is 9.91. The number of aromatic nitrogens is 2. The van der Waals surface area contributed by atoms with Crippen LogP contribution in [0.4, 0.5) is 9.18 Å². The second-order valence-corrected chi connectivity index (χ2v) is 10.9. The van der Waals surface area contributed by atoms with Gasteiger partial charge in [-0.05, 0) is 64.0 Å². The number of aliphatic hydroxyl groups is 1. The second-order valence-electron chi connectivity index (χ2n) is 9.29. The molecular weight excluding hydrogens is 650 g/mol. The van der Waals surface area contributed by atoms with E-state index in [1.807, 2.05) is 59.8 Å². The average Bonchev–Trinajstić information content (AvgIpc) is 3.47. The van der Waals surface area contributed by atoms with Crippen molar-refractivity contribution in [2.75, 3.05) is 13.2 Å². The summed E-state index contributed by atoms with van der Waals surface area (Å²) in [6.45, 7) is 1.91. The van der Waals surface area contributed by atoms with Crippen molar-refractivity contribution in [3.63, 3.8) is 0 Å². The molecule has 40 heavy (non-hydrogen) atoms. The Morgan fingerprint density at radius 1 is 1.12 bits per heavy atom. The van der Waals surface area contributed by atoms with Gasteiger partial charge in [0.2, 0.25) is 0 Å². The number of aliphatic hydroxyl groups excluding tert-OH is 1. The Bertz CT molecular complexity index is 1530. The number of rotatable bonds is 9. The number of hydrogen-bond donors (Lipinski definition) is 3. The number of imidazole rings is 1. The molecule has 1 aliphatic rings. The van der Waals surface area contributed by atoms with Crippen molar-refractivity contribution in [1.29, 1.82) is 0 Å². The van der Waals surface area contributed by atoms with Crippen molar-refractivity contribution in [3.8, 4) is 17.0 Å². The first-order valence-corrected chi connectivity index (χ1v) is 14.0. The van der Waals surface area contributed by atoms with Crippen molar-refractivity contribution in [2.24, 2.45) is 0 Å². The third-order valence-corrected chi connectivity index (χ3v) is 7.72. The van der Waals surface area contributed by atoms with Gasteiger partial charge in [0.25, 0.3) is 5.91 Å². The molecule has 0 saturated carbocycles. The van der Waals surface area contributed by atoms with Crippen molar-refractivity contribution in [3.05, 3.63) is 104 Å². The molecule has 0 bridgehead atoms. The fraction of sp³-hybridized carbons (Fsp3) is 0.207. The van der Waals surface area contributed by atoms with Crippen molar-refractivity contribution < 1.29 is 23.8 Å². The third-order valence-electron chi connectivity index (χ3n) is 6.78. The number of ether oxygens (including phenoxy) is 1. The van der Waals surface area contributed by atoms with Crippen LogP contribution in [-0.2, 0) is 4.79 Å². The van der Waals surface area contributed by atoms with Gasteiger partial charge in [0.15, 0.2) is 5.15 Å². The van der Waals surface area contributed by atoms with Crippen LogP contribution in [0.3, 0.4) is 0 Å². The number of urea groups is 1. The summed E-state index contributed by atoms with van der Waals surface area (Å²) in [4.78, 5) is 36.0. The largest absolute Gasteiger partial charge is 0.491 e. The average molecular weight is 675 g/mol. The van der Waals surface area contributed by atoms with E-state index in [1.54, 1.807) is 36.4 Å². The first-order valence-electron chi connectivity index (χ1n) is 12.5. The molecule has 1 aliphatic heterocycles. The number of amides is 3. The van der Waals surface area contributed by atoms with Gasteiger partial charge in [-0.3, -0.25) is 9.69 Å². The number of nitrogens with one attached hydrogen (secondary N) is 2.